The van der Waals surface area contributed by atoms with Gasteiger partial charge in [0.25, 0.3) is 5.91 Å². The van der Waals surface area contributed by atoms with E-state index in [-0.39, 0.29) is 23.6 Å². The number of nitrogens with one attached hydrogen (secondary N) is 1. The molecule has 0 bridgehead atoms. The van der Waals surface area contributed by atoms with Crippen molar-refractivity contribution in [2.24, 2.45) is 5.73 Å². The Balaban J connectivity index is 1.65. The number of carbonyl (C=O) groups is 3. The maximum atomic E-state index is 12.8. The number of hydrogen-bond donors (Lipinski definition) is 2. The summed E-state index contributed by atoms with van der Waals surface area (Å²) in [5.74, 6) is -1.25. The van der Waals surface area contributed by atoms with Crippen molar-refractivity contribution in [2.45, 2.75) is 19.0 Å². The zero-order chi connectivity index (χ0) is 22.4. The van der Waals surface area contributed by atoms with Gasteiger partial charge in [-0.05, 0) is 36.2 Å². The van der Waals surface area contributed by atoms with Crippen molar-refractivity contribution in [3.8, 4) is 0 Å². The van der Waals surface area contributed by atoms with Gasteiger partial charge in [0.2, 0.25) is 0 Å². The van der Waals surface area contributed by atoms with E-state index >= 15 is 0 Å². The molecule has 3 amide bonds. The number of ether oxygens (including phenoxy) is 1. The van der Waals surface area contributed by atoms with Crippen molar-refractivity contribution in [3.63, 3.8) is 0 Å². The Morgan fingerprint density at radius 1 is 1.06 bits per heavy atom. The van der Waals surface area contributed by atoms with Crippen molar-refractivity contribution in [1.29, 1.82) is 0 Å². The van der Waals surface area contributed by atoms with Gasteiger partial charge in [0.05, 0.1) is 17.1 Å². The third-order valence-electron chi connectivity index (χ3n) is 4.88. The molecule has 164 valence electrons. The molecule has 10 heteroatoms. The fraction of sp³-hybridized carbons (Fsp3) is 0.286. The molecule has 1 saturated heterocycles. The third-order valence-corrected chi connectivity index (χ3v) is 6.63. The van der Waals surface area contributed by atoms with Gasteiger partial charge in [-0.2, -0.15) is 0 Å². The van der Waals surface area contributed by atoms with Crippen molar-refractivity contribution >= 4 is 33.4 Å². The first-order valence-electron chi connectivity index (χ1n) is 9.61. The van der Waals surface area contributed by atoms with E-state index in [4.69, 9.17) is 10.5 Å². The monoisotopic (exact) mass is 445 g/mol. The van der Waals surface area contributed by atoms with Crippen LogP contribution in [0.5, 0.6) is 0 Å². The van der Waals surface area contributed by atoms with Gasteiger partial charge in [-0.25, -0.2) is 18.0 Å². The molecule has 2 aromatic rings. The minimum absolute atomic E-state index is 0.0295. The van der Waals surface area contributed by atoms with Crippen LogP contribution in [0.3, 0.4) is 0 Å². The Hall–Kier alpha value is -3.40. The zero-order valence-electron chi connectivity index (χ0n) is 16.7. The Kier molecular flexibility index (Phi) is 6.91. The number of rotatable bonds is 7. The lowest BCUT2D eigenvalue weighted by Crippen LogP contribution is -2.42. The quantitative estimate of drug-likeness (QED) is 0.621. The summed E-state index contributed by atoms with van der Waals surface area (Å²) in [6.45, 7) is -0.283. The molecule has 31 heavy (non-hydrogen) atoms. The molecule has 0 unspecified atom stereocenters. The number of amides is 3. The van der Waals surface area contributed by atoms with E-state index in [1.54, 1.807) is 0 Å². The number of nitrogens with two attached hydrogens (primary N) is 1. The molecular weight excluding hydrogens is 422 g/mol. The number of primary amides is 1. The normalized spacial score (nSPS) is 17.0. The van der Waals surface area contributed by atoms with E-state index < -0.39 is 40.4 Å². The van der Waals surface area contributed by atoms with Crippen molar-refractivity contribution in [2.75, 3.05) is 23.4 Å². The second-order valence-corrected chi connectivity index (χ2v) is 9.44. The lowest BCUT2D eigenvalue weighted by Gasteiger charge is -2.28. The summed E-state index contributed by atoms with van der Waals surface area (Å²) in [5, 5.41) is 2.37. The van der Waals surface area contributed by atoms with Crippen LogP contribution in [0.1, 0.15) is 22.3 Å². The highest BCUT2D eigenvalue weighted by molar-refractivity contribution is 7.91. The first kappa shape index (κ1) is 22.3. The molecule has 3 N–H and O–H groups in total. The summed E-state index contributed by atoms with van der Waals surface area (Å²) in [5.41, 5.74) is 6.49. The fourth-order valence-electron chi connectivity index (χ4n) is 3.35. The standard InChI is InChI=1S/C21H23N3O6S/c22-21(27)23-17-8-6-16(7-9-17)20(26)30-13-19(25)24(12-15-4-2-1-3-5-15)18-10-11-31(28,29)14-18/h1-9,18H,10-14H2,(H3,22,23,27)/t18-/m1/s1. The summed E-state index contributed by atoms with van der Waals surface area (Å²) in [4.78, 5) is 37.5. The number of nitrogens with zero attached hydrogens (tertiary/aromatic N) is 1. The lowest BCUT2D eigenvalue weighted by atomic mass is 10.1. The van der Waals surface area contributed by atoms with Crippen LogP contribution >= 0.6 is 0 Å². The minimum Gasteiger partial charge on any atom is -0.452 e. The summed E-state index contributed by atoms with van der Waals surface area (Å²) >= 11 is 0. The maximum Gasteiger partial charge on any atom is 0.338 e. The maximum absolute atomic E-state index is 12.8. The lowest BCUT2D eigenvalue weighted by molar-refractivity contribution is -0.137. The summed E-state index contributed by atoms with van der Waals surface area (Å²) < 4.78 is 29.0. The minimum atomic E-state index is -3.19. The molecule has 3 rings (SSSR count). The van der Waals surface area contributed by atoms with Crippen LogP contribution in [-0.4, -0.2) is 55.4 Å². The number of carbonyl (C=O) groups excluding carboxylic acids is 3. The van der Waals surface area contributed by atoms with Gasteiger partial charge < -0.3 is 20.7 Å². The van der Waals surface area contributed by atoms with Gasteiger partial charge >= 0.3 is 12.0 Å². The van der Waals surface area contributed by atoms with Gasteiger partial charge in [-0.1, -0.05) is 30.3 Å². The van der Waals surface area contributed by atoms with E-state index in [9.17, 15) is 22.8 Å². The molecule has 1 aliphatic heterocycles. The molecule has 1 heterocycles. The van der Waals surface area contributed by atoms with Crippen molar-refractivity contribution in [3.05, 3.63) is 65.7 Å². The zero-order valence-corrected chi connectivity index (χ0v) is 17.5. The average Bonchev–Trinajstić information content (AvgIpc) is 3.10. The van der Waals surface area contributed by atoms with E-state index in [1.807, 2.05) is 30.3 Å². The number of anilines is 1. The summed E-state index contributed by atoms with van der Waals surface area (Å²) in [6, 6.07) is 13.8. The molecule has 0 aliphatic carbocycles. The Morgan fingerprint density at radius 3 is 2.32 bits per heavy atom. The van der Waals surface area contributed by atoms with E-state index in [0.29, 0.717) is 12.1 Å². The van der Waals surface area contributed by atoms with Crippen molar-refractivity contribution in [1.82, 2.24) is 4.90 Å². The molecule has 1 atom stereocenters. The van der Waals surface area contributed by atoms with Crippen LogP contribution in [0.4, 0.5) is 10.5 Å². The van der Waals surface area contributed by atoms with Gasteiger partial charge in [0.1, 0.15) is 0 Å². The molecule has 9 nitrogen and oxygen atoms in total. The predicted molar refractivity (Wildman–Crippen MR) is 114 cm³/mol. The van der Waals surface area contributed by atoms with Gasteiger partial charge in [0.15, 0.2) is 16.4 Å². The van der Waals surface area contributed by atoms with Crippen molar-refractivity contribution < 1.29 is 27.5 Å². The molecule has 0 radical (unpaired) electrons. The van der Waals surface area contributed by atoms with E-state index in [2.05, 4.69) is 5.32 Å². The molecule has 1 fully saturated rings. The number of sulfone groups is 1. The van der Waals surface area contributed by atoms with Gasteiger partial charge in [0, 0.05) is 18.3 Å². The van der Waals surface area contributed by atoms with Crippen LogP contribution in [0.25, 0.3) is 0 Å². The van der Waals surface area contributed by atoms with Crippen LogP contribution in [0.15, 0.2) is 54.6 Å². The SMILES string of the molecule is NC(=O)Nc1ccc(C(=O)OCC(=O)N(Cc2ccccc2)[C@@H]2CCS(=O)(=O)C2)cc1. The summed E-state index contributed by atoms with van der Waals surface area (Å²) in [6.07, 6.45) is 0.350. The first-order valence-corrected chi connectivity index (χ1v) is 11.4. The highest BCUT2D eigenvalue weighted by atomic mass is 32.2. The largest absolute Gasteiger partial charge is 0.452 e. The highest BCUT2D eigenvalue weighted by Crippen LogP contribution is 2.20. The second kappa shape index (κ2) is 9.61. The third kappa shape index (κ3) is 6.29. The topological polar surface area (TPSA) is 136 Å². The fourth-order valence-corrected chi connectivity index (χ4v) is 5.08. The van der Waals surface area contributed by atoms with Gasteiger partial charge in [-0.15, -0.1) is 0 Å². The number of esters is 1. The summed E-state index contributed by atoms with van der Waals surface area (Å²) in [7, 11) is -3.19. The molecule has 0 aromatic heterocycles. The number of urea groups is 1. The predicted octanol–water partition coefficient (Wildman–Crippen LogP) is 1.55. The smallest absolute Gasteiger partial charge is 0.338 e. The highest BCUT2D eigenvalue weighted by Gasteiger charge is 2.35. The molecular formula is C21H23N3O6S. The van der Waals surface area contributed by atoms with Gasteiger partial charge in [-0.3, -0.25) is 4.79 Å². The van der Waals surface area contributed by atoms with E-state index in [0.717, 1.165) is 5.56 Å². The Labute approximate surface area is 180 Å². The molecule has 0 spiro atoms. The number of benzene rings is 2. The first-order chi connectivity index (χ1) is 14.7. The van der Waals surface area contributed by atoms with Crippen LogP contribution in [0.2, 0.25) is 0 Å². The van der Waals surface area contributed by atoms with Crippen LogP contribution in [0, 0.1) is 0 Å². The number of hydrogen-bond acceptors (Lipinski definition) is 6. The van der Waals surface area contributed by atoms with Crippen LogP contribution in [-0.2, 0) is 25.9 Å². The van der Waals surface area contributed by atoms with E-state index in [1.165, 1.54) is 29.2 Å². The molecule has 1 aliphatic rings. The average molecular weight is 445 g/mol. The second-order valence-electron chi connectivity index (χ2n) is 7.21. The Morgan fingerprint density at radius 2 is 1.74 bits per heavy atom. The molecule has 0 saturated carbocycles. The van der Waals surface area contributed by atoms with Crippen LogP contribution < -0.4 is 11.1 Å². The molecule has 2 aromatic carbocycles. The Bertz CT molecular complexity index is 1050.